The normalized spacial score (nSPS) is 17.4. The van der Waals surface area contributed by atoms with Crippen molar-refractivity contribution in [2.75, 3.05) is 50.4 Å². The standard InChI is InChI=1S/C24H34N10O2/c1-3-4-7-27-22-30-20(26)19-21(31-22)34(23(35)29-19)12-18-6-5-17(10-28-18)11-32-13-24(14-32)15-33(16(2)25)8-9-36-24/h5-6,10,25H,3-4,7-9,11-15H2,1-2H3,(H,29,35)(H3,26,27,30,31). The second-order valence-corrected chi connectivity index (χ2v) is 9.77. The van der Waals surface area contributed by atoms with Gasteiger partial charge in [0.25, 0.3) is 0 Å². The van der Waals surface area contributed by atoms with Crippen molar-refractivity contribution in [2.24, 2.45) is 0 Å². The highest BCUT2D eigenvalue weighted by atomic mass is 16.5. The van der Waals surface area contributed by atoms with Crippen LogP contribution in [0, 0.1) is 5.41 Å². The monoisotopic (exact) mass is 494 g/mol. The number of ether oxygens (including phenoxy) is 1. The molecule has 5 N–H and O–H groups in total. The largest absolute Gasteiger partial charge is 0.382 e. The number of hydrogen-bond donors (Lipinski definition) is 4. The summed E-state index contributed by atoms with van der Waals surface area (Å²) in [7, 11) is 0. The number of amidine groups is 1. The third-order valence-electron chi connectivity index (χ3n) is 6.82. The number of nitrogens with one attached hydrogen (secondary N) is 3. The van der Waals surface area contributed by atoms with Crippen molar-refractivity contribution < 1.29 is 4.74 Å². The number of pyridine rings is 1. The number of anilines is 2. The fourth-order valence-corrected chi connectivity index (χ4v) is 4.92. The van der Waals surface area contributed by atoms with Gasteiger partial charge in [-0.15, -0.1) is 0 Å². The lowest BCUT2D eigenvalue weighted by molar-refractivity contribution is -0.176. The molecule has 0 radical (unpaired) electrons. The zero-order chi connectivity index (χ0) is 25.3. The second kappa shape index (κ2) is 9.86. The van der Waals surface area contributed by atoms with E-state index in [1.54, 1.807) is 0 Å². The molecule has 2 fully saturated rings. The molecule has 192 valence electrons. The van der Waals surface area contributed by atoms with E-state index in [0.717, 1.165) is 63.4 Å². The van der Waals surface area contributed by atoms with Crippen molar-refractivity contribution in [3.63, 3.8) is 0 Å². The first-order valence-electron chi connectivity index (χ1n) is 12.5. The number of nitrogens with two attached hydrogens (primary N) is 1. The molecule has 0 bridgehead atoms. The van der Waals surface area contributed by atoms with Gasteiger partial charge in [0.2, 0.25) is 5.95 Å². The van der Waals surface area contributed by atoms with Crippen LogP contribution < -0.4 is 16.7 Å². The van der Waals surface area contributed by atoms with Crippen molar-refractivity contribution in [2.45, 2.75) is 45.4 Å². The maximum atomic E-state index is 12.6. The third kappa shape index (κ3) is 4.91. The van der Waals surface area contributed by atoms with Crippen LogP contribution in [0.5, 0.6) is 0 Å². The molecule has 12 nitrogen and oxygen atoms in total. The predicted molar refractivity (Wildman–Crippen MR) is 138 cm³/mol. The first-order valence-corrected chi connectivity index (χ1v) is 12.5. The Kier molecular flexibility index (Phi) is 6.63. The van der Waals surface area contributed by atoms with E-state index < -0.39 is 0 Å². The van der Waals surface area contributed by atoms with E-state index in [9.17, 15) is 4.79 Å². The summed E-state index contributed by atoms with van der Waals surface area (Å²) in [5, 5.41) is 11.1. The molecule has 36 heavy (non-hydrogen) atoms. The molecule has 0 unspecified atom stereocenters. The van der Waals surface area contributed by atoms with Crippen LogP contribution in [0.15, 0.2) is 23.1 Å². The van der Waals surface area contributed by atoms with Crippen molar-refractivity contribution in [1.82, 2.24) is 34.3 Å². The minimum absolute atomic E-state index is 0.168. The predicted octanol–water partition coefficient (Wildman–Crippen LogP) is 1.24. The van der Waals surface area contributed by atoms with E-state index in [1.165, 1.54) is 4.57 Å². The average Bonchev–Trinajstić information content (AvgIpc) is 3.15. The number of fused-ring (bicyclic) bond motifs is 1. The number of nitrogen functional groups attached to an aromatic ring is 1. The molecule has 12 heteroatoms. The Labute approximate surface area is 209 Å². The van der Waals surface area contributed by atoms with Gasteiger partial charge >= 0.3 is 5.69 Å². The molecular weight excluding hydrogens is 460 g/mol. The Bertz CT molecular complexity index is 1290. The topological polar surface area (TPSA) is 154 Å². The Morgan fingerprint density at radius 2 is 2.11 bits per heavy atom. The molecule has 0 aliphatic carbocycles. The van der Waals surface area contributed by atoms with Gasteiger partial charge in [0, 0.05) is 38.9 Å². The van der Waals surface area contributed by atoms with Gasteiger partial charge in [-0.25, -0.2) is 4.79 Å². The number of unbranched alkanes of at least 4 members (excludes halogenated alkanes) is 1. The van der Waals surface area contributed by atoms with E-state index in [0.29, 0.717) is 29.6 Å². The molecule has 0 amide bonds. The van der Waals surface area contributed by atoms with E-state index in [1.807, 2.05) is 25.3 Å². The number of rotatable bonds is 8. The molecule has 0 aromatic carbocycles. The molecule has 2 saturated heterocycles. The summed E-state index contributed by atoms with van der Waals surface area (Å²) in [4.78, 5) is 33.2. The van der Waals surface area contributed by atoms with Crippen LogP contribution in [0.2, 0.25) is 0 Å². The molecule has 3 aromatic heterocycles. The van der Waals surface area contributed by atoms with E-state index in [2.05, 4.69) is 42.0 Å². The summed E-state index contributed by atoms with van der Waals surface area (Å²) in [5.41, 5.74) is 8.37. The molecule has 0 atom stereocenters. The van der Waals surface area contributed by atoms with E-state index in [4.69, 9.17) is 15.9 Å². The quantitative estimate of drug-likeness (QED) is 0.206. The van der Waals surface area contributed by atoms with Gasteiger partial charge in [-0.1, -0.05) is 19.4 Å². The Morgan fingerprint density at radius 1 is 1.28 bits per heavy atom. The van der Waals surface area contributed by atoms with Gasteiger partial charge in [-0.2, -0.15) is 9.97 Å². The third-order valence-corrected chi connectivity index (χ3v) is 6.82. The molecule has 3 aromatic rings. The average molecular weight is 495 g/mol. The highest BCUT2D eigenvalue weighted by Crippen LogP contribution is 2.30. The maximum absolute atomic E-state index is 12.6. The van der Waals surface area contributed by atoms with Gasteiger partial charge in [-0.05, 0) is 25.0 Å². The number of hydrogen-bond acceptors (Lipinski definition) is 9. The van der Waals surface area contributed by atoms with E-state index in [-0.39, 0.29) is 23.7 Å². The second-order valence-electron chi connectivity index (χ2n) is 9.77. The summed E-state index contributed by atoms with van der Waals surface area (Å²) in [5.74, 6) is 1.26. The molecule has 2 aliphatic heterocycles. The first kappa shape index (κ1) is 24.2. The lowest BCUT2D eigenvalue weighted by Gasteiger charge is -2.54. The van der Waals surface area contributed by atoms with Crippen molar-refractivity contribution in [3.05, 3.63) is 40.1 Å². The Balaban J connectivity index is 1.23. The molecular formula is C24H34N10O2. The summed E-state index contributed by atoms with van der Waals surface area (Å²) >= 11 is 0. The highest BCUT2D eigenvalue weighted by Gasteiger charge is 2.47. The lowest BCUT2D eigenvalue weighted by Crippen LogP contribution is -2.70. The summed E-state index contributed by atoms with van der Waals surface area (Å²) < 4.78 is 7.60. The smallest absolute Gasteiger partial charge is 0.328 e. The van der Waals surface area contributed by atoms with Crippen LogP contribution in [-0.4, -0.2) is 85.1 Å². The summed E-state index contributed by atoms with van der Waals surface area (Å²) in [6.07, 6.45) is 3.90. The number of nitrogens with zero attached hydrogens (tertiary/aromatic N) is 6. The number of imidazole rings is 1. The fraction of sp³-hybridized carbons (Fsp3) is 0.542. The number of likely N-dealkylation sites (tertiary alicyclic amines) is 1. The Hall–Kier alpha value is -3.51. The lowest BCUT2D eigenvalue weighted by atomic mass is 9.91. The molecule has 5 rings (SSSR count). The molecule has 0 saturated carbocycles. The van der Waals surface area contributed by atoms with Crippen molar-refractivity contribution in [3.8, 4) is 0 Å². The van der Waals surface area contributed by atoms with E-state index >= 15 is 0 Å². The minimum atomic E-state index is -0.296. The summed E-state index contributed by atoms with van der Waals surface area (Å²) in [6, 6.07) is 3.99. The Morgan fingerprint density at radius 3 is 2.83 bits per heavy atom. The number of morpholine rings is 1. The van der Waals surface area contributed by atoms with Gasteiger partial charge < -0.3 is 25.7 Å². The fourth-order valence-electron chi connectivity index (χ4n) is 4.92. The maximum Gasteiger partial charge on any atom is 0.328 e. The van der Waals surface area contributed by atoms with Crippen molar-refractivity contribution >= 4 is 28.8 Å². The van der Waals surface area contributed by atoms with Crippen molar-refractivity contribution in [1.29, 1.82) is 5.41 Å². The molecule has 2 aliphatic rings. The van der Waals surface area contributed by atoms with Crippen LogP contribution in [0.25, 0.3) is 11.2 Å². The van der Waals surface area contributed by atoms with Crippen LogP contribution >= 0.6 is 0 Å². The van der Waals surface area contributed by atoms with Gasteiger partial charge in [-0.3, -0.25) is 19.9 Å². The zero-order valence-electron chi connectivity index (χ0n) is 20.9. The van der Waals surface area contributed by atoms with Gasteiger partial charge in [0.1, 0.15) is 11.1 Å². The van der Waals surface area contributed by atoms with Crippen LogP contribution in [0.3, 0.4) is 0 Å². The van der Waals surface area contributed by atoms with Crippen LogP contribution in [0.4, 0.5) is 11.8 Å². The number of aromatic nitrogens is 5. The zero-order valence-corrected chi connectivity index (χ0v) is 20.9. The van der Waals surface area contributed by atoms with Crippen LogP contribution in [0.1, 0.15) is 37.9 Å². The van der Waals surface area contributed by atoms with Gasteiger partial charge in [0.05, 0.1) is 31.2 Å². The number of H-pyrrole nitrogens is 1. The highest BCUT2D eigenvalue weighted by molar-refractivity contribution is 5.82. The molecule has 1 spiro atoms. The number of aromatic amines is 1. The van der Waals surface area contributed by atoms with Gasteiger partial charge in [0.15, 0.2) is 11.5 Å². The first-order chi connectivity index (χ1) is 17.4. The minimum Gasteiger partial charge on any atom is -0.382 e. The van der Waals surface area contributed by atoms with Crippen LogP contribution in [-0.2, 0) is 17.8 Å². The molecule has 5 heterocycles. The SMILES string of the molecule is CCCCNc1nc(N)c2[nH]c(=O)n(Cc3ccc(CN4CC5(C4)CN(C(C)=N)CCO5)cn3)c2n1. The summed E-state index contributed by atoms with van der Waals surface area (Å²) in [6.45, 7) is 9.67.